The second-order valence-corrected chi connectivity index (χ2v) is 15.8. The fraction of sp³-hybridized carbons (Fsp3) is 0.462. The van der Waals surface area contributed by atoms with Gasteiger partial charge in [0.15, 0.2) is 0 Å². The van der Waals surface area contributed by atoms with Crippen molar-refractivity contribution in [2.45, 2.75) is 119 Å². The Labute approximate surface area is 282 Å². The van der Waals surface area contributed by atoms with Crippen molar-refractivity contribution in [2.75, 3.05) is 0 Å². The van der Waals surface area contributed by atoms with Gasteiger partial charge in [0.05, 0.1) is 5.69 Å². The van der Waals surface area contributed by atoms with Crippen molar-refractivity contribution >= 4 is 11.6 Å². The molecule has 0 aromatic carbocycles. The summed E-state index contributed by atoms with van der Waals surface area (Å²) in [4.78, 5) is 16.7. The Balaban J connectivity index is 0.000000307. The molecule has 5 nitrogen and oxygen atoms in total. The van der Waals surface area contributed by atoms with Crippen LogP contribution < -0.4 is 0 Å². The quantitative estimate of drug-likeness (QED) is 0.178. The van der Waals surface area contributed by atoms with Gasteiger partial charge in [0, 0.05) is 45.7 Å². The van der Waals surface area contributed by atoms with Crippen molar-refractivity contribution < 1.29 is 4.39 Å². The van der Waals surface area contributed by atoms with E-state index in [9.17, 15) is 4.39 Å². The largest absolute Gasteiger partial charge is 0.264 e. The van der Waals surface area contributed by atoms with Crippen LogP contribution in [0.15, 0.2) is 67.0 Å². The number of hydrogen-bond acceptors (Lipinski definition) is 5. The minimum absolute atomic E-state index is 0.0207. The molecule has 0 fully saturated rings. The Hall–Kier alpha value is -3.69. The molecule has 4 aromatic rings. The van der Waals surface area contributed by atoms with Crippen LogP contribution in [0.1, 0.15) is 123 Å². The minimum atomic E-state index is -0.299. The Kier molecular flexibility index (Phi) is 14.7. The fourth-order valence-electron chi connectivity index (χ4n) is 3.78. The number of aryl methyl sites for hydroxylation is 2. The van der Waals surface area contributed by atoms with Crippen LogP contribution in [0.25, 0.3) is 0 Å². The van der Waals surface area contributed by atoms with Crippen molar-refractivity contribution in [1.29, 1.82) is 5.26 Å². The molecule has 248 valence electrons. The highest BCUT2D eigenvalue weighted by molar-refractivity contribution is 6.29. The van der Waals surface area contributed by atoms with Crippen LogP contribution >= 0.6 is 11.6 Å². The summed E-state index contributed by atoms with van der Waals surface area (Å²) in [6, 6.07) is 18.7. The molecule has 0 radical (unpaired) electrons. The van der Waals surface area contributed by atoms with Crippen molar-refractivity contribution in [1.82, 2.24) is 19.9 Å². The first kappa shape index (κ1) is 40.3. The predicted molar refractivity (Wildman–Crippen MR) is 191 cm³/mol. The summed E-state index contributed by atoms with van der Waals surface area (Å²) >= 11 is 5.65. The first-order chi connectivity index (χ1) is 20.9. The lowest BCUT2D eigenvalue weighted by molar-refractivity contribution is 0.503. The Morgan fingerprint density at radius 3 is 1.59 bits per heavy atom. The van der Waals surface area contributed by atoms with Crippen molar-refractivity contribution in [2.24, 2.45) is 0 Å². The van der Waals surface area contributed by atoms with Crippen LogP contribution in [-0.4, -0.2) is 19.9 Å². The smallest absolute Gasteiger partial charge is 0.145 e. The summed E-state index contributed by atoms with van der Waals surface area (Å²) < 4.78 is 13.1. The summed E-state index contributed by atoms with van der Waals surface area (Å²) in [7, 11) is 0. The topological polar surface area (TPSA) is 75.3 Å². The van der Waals surface area contributed by atoms with E-state index in [2.05, 4.69) is 107 Å². The van der Waals surface area contributed by atoms with Gasteiger partial charge in [-0.25, -0.2) is 14.4 Å². The summed E-state index contributed by atoms with van der Waals surface area (Å²) in [6.45, 7) is 29.1. The average molecular weight is 646 g/mol. The van der Waals surface area contributed by atoms with Gasteiger partial charge in [0.1, 0.15) is 22.7 Å². The highest BCUT2D eigenvalue weighted by atomic mass is 35.5. The van der Waals surface area contributed by atoms with E-state index in [4.69, 9.17) is 16.9 Å². The molecule has 0 amide bonds. The number of hydrogen-bond donors (Lipinski definition) is 0. The van der Waals surface area contributed by atoms with Crippen molar-refractivity contribution in [3.63, 3.8) is 0 Å². The maximum Gasteiger partial charge on any atom is 0.145 e. The molecular weight excluding hydrogens is 593 g/mol. The van der Waals surface area contributed by atoms with Gasteiger partial charge in [0.25, 0.3) is 0 Å². The van der Waals surface area contributed by atoms with E-state index in [-0.39, 0.29) is 27.5 Å². The maximum atomic E-state index is 13.1. The zero-order valence-electron chi connectivity index (χ0n) is 30.3. The summed E-state index contributed by atoms with van der Waals surface area (Å²) in [5.41, 5.74) is 6.77. The van der Waals surface area contributed by atoms with E-state index in [1.54, 1.807) is 6.07 Å². The maximum absolute atomic E-state index is 13.1. The lowest BCUT2D eigenvalue weighted by atomic mass is 9.88. The molecule has 0 N–H and O–H groups in total. The third-order valence-corrected chi connectivity index (χ3v) is 6.76. The number of nitrogens with zero attached hydrogens (tertiary/aromatic N) is 5. The van der Waals surface area contributed by atoms with Crippen molar-refractivity contribution in [3.8, 4) is 6.07 Å². The third-order valence-electron chi connectivity index (χ3n) is 6.55. The lowest BCUT2D eigenvalue weighted by Gasteiger charge is -2.18. The summed E-state index contributed by atoms with van der Waals surface area (Å²) in [5, 5.41) is 8.95. The Bertz CT molecular complexity index is 1520. The van der Waals surface area contributed by atoms with E-state index in [0.29, 0.717) is 16.5 Å². The van der Waals surface area contributed by atoms with Gasteiger partial charge in [-0.1, -0.05) is 113 Å². The van der Waals surface area contributed by atoms with Gasteiger partial charge in [0.2, 0.25) is 0 Å². The van der Waals surface area contributed by atoms with E-state index in [0.717, 1.165) is 17.1 Å². The Morgan fingerprint density at radius 1 is 0.652 bits per heavy atom. The molecule has 7 heteroatoms. The number of pyridine rings is 4. The van der Waals surface area contributed by atoms with Gasteiger partial charge < -0.3 is 0 Å². The molecule has 0 saturated heterocycles. The number of nitriles is 1. The highest BCUT2D eigenvalue weighted by Crippen LogP contribution is 2.24. The molecule has 0 aliphatic rings. The first-order valence-electron chi connectivity index (χ1n) is 15.5. The van der Waals surface area contributed by atoms with Crippen LogP contribution in [-0.2, 0) is 21.7 Å². The molecule has 4 rings (SSSR count). The predicted octanol–water partition coefficient (Wildman–Crippen LogP) is 10.8. The minimum Gasteiger partial charge on any atom is -0.264 e. The second-order valence-electron chi connectivity index (χ2n) is 15.4. The Morgan fingerprint density at radius 2 is 1.20 bits per heavy atom. The van der Waals surface area contributed by atoms with Gasteiger partial charge in [-0.15, -0.1) is 0 Å². The zero-order chi connectivity index (χ0) is 35.5. The monoisotopic (exact) mass is 645 g/mol. The van der Waals surface area contributed by atoms with Gasteiger partial charge >= 0.3 is 0 Å². The fourth-order valence-corrected chi connectivity index (χ4v) is 3.93. The van der Waals surface area contributed by atoms with Gasteiger partial charge in [-0.2, -0.15) is 5.26 Å². The molecule has 0 spiro atoms. The average Bonchev–Trinajstić information content (AvgIpc) is 2.93. The molecule has 0 bridgehead atoms. The van der Waals surface area contributed by atoms with Crippen LogP contribution in [0, 0.1) is 31.0 Å². The molecule has 0 saturated carbocycles. The SMILES string of the molecule is CC(C)(C)c1cccc(C#N)n1.CC(C)(C)c1nc(Cl)ccc1F.Cc1cccc(C(C)(C)C)n1.Cc1cncc(C(C)(C)C)c1. The second kappa shape index (κ2) is 16.7. The van der Waals surface area contributed by atoms with E-state index in [1.807, 2.05) is 64.4 Å². The van der Waals surface area contributed by atoms with Crippen LogP contribution in [0.5, 0.6) is 0 Å². The van der Waals surface area contributed by atoms with Crippen LogP contribution in [0.3, 0.4) is 0 Å². The number of aromatic nitrogens is 4. The molecule has 4 heterocycles. The zero-order valence-corrected chi connectivity index (χ0v) is 31.1. The molecule has 0 atom stereocenters. The van der Waals surface area contributed by atoms with E-state index in [1.165, 1.54) is 23.3 Å². The standard InChI is InChI=1S/C10H12N2.2C10H15N.C9H11ClFN/c1-10(2,3)9-6-4-5-8(7-11)12-9;1-8-5-9(7-11-6-8)10(2,3)4;1-8-6-5-7-9(11-8)10(2,3)4;1-9(2,3)8-6(11)4-5-7(10)12-8/h4-6H,1-3H3;2*5-7H,1-4H3;4-5H,1-3H3. The molecule has 4 aromatic heterocycles. The molecule has 0 unspecified atom stereocenters. The number of rotatable bonds is 0. The molecule has 0 aliphatic carbocycles. The summed E-state index contributed by atoms with van der Waals surface area (Å²) in [6.07, 6.45) is 3.82. The van der Waals surface area contributed by atoms with Gasteiger partial charge in [-0.3, -0.25) is 9.97 Å². The summed E-state index contributed by atoms with van der Waals surface area (Å²) in [5.74, 6) is -0.299. The highest BCUT2D eigenvalue weighted by Gasteiger charge is 2.20. The normalized spacial score (nSPS) is 11.5. The molecule has 0 aliphatic heterocycles. The van der Waals surface area contributed by atoms with E-state index >= 15 is 0 Å². The molecular formula is C39H53ClFN5. The van der Waals surface area contributed by atoms with Crippen LogP contribution in [0.4, 0.5) is 4.39 Å². The third kappa shape index (κ3) is 14.6. The number of halogens is 2. The van der Waals surface area contributed by atoms with Crippen molar-refractivity contribution in [3.05, 3.63) is 118 Å². The first-order valence-corrected chi connectivity index (χ1v) is 15.9. The van der Waals surface area contributed by atoms with Crippen LogP contribution in [0.2, 0.25) is 5.15 Å². The lowest BCUT2D eigenvalue weighted by Crippen LogP contribution is -2.15. The van der Waals surface area contributed by atoms with E-state index < -0.39 is 0 Å². The van der Waals surface area contributed by atoms with Gasteiger partial charge in [-0.05, 0) is 66.8 Å². The molecule has 46 heavy (non-hydrogen) atoms.